The molecular formula is C11H25N2OW-. The number of aliphatic hydroxyl groups is 1. The number of nitrogens with zero attached hydrogens (tertiary/aromatic N) is 2. The molecule has 0 aromatic carbocycles. The van der Waals surface area contributed by atoms with Crippen LogP contribution in [0, 0.1) is 7.43 Å². The van der Waals surface area contributed by atoms with Crippen LogP contribution in [-0.2, 0) is 21.1 Å². The number of likely N-dealkylation sites (tertiary alicyclic amines) is 1. The van der Waals surface area contributed by atoms with Crippen LogP contribution in [-0.4, -0.2) is 61.3 Å². The predicted molar refractivity (Wildman–Crippen MR) is 61.3 cm³/mol. The third kappa shape index (κ3) is 6.67. The van der Waals surface area contributed by atoms with Gasteiger partial charge in [-0.25, -0.2) is 0 Å². The molecule has 0 spiro atoms. The molecule has 1 aliphatic heterocycles. The first-order valence-corrected chi connectivity index (χ1v) is 5.23. The molecule has 0 saturated carbocycles. The summed E-state index contributed by atoms with van der Waals surface area (Å²) >= 11 is 0. The van der Waals surface area contributed by atoms with Crippen molar-refractivity contribution in [3.63, 3.8) is 0 Å². The Kier molecular flexibility index (Phi) is 11.7. The fraction of sp³-hybridized carbons (Fsp3) is 0.909. The Hall–Kier alpha value is 0.568. The molecule has 15 heavy (non-hydrogen) atoms. The molecule has 1 rings (SSSR count). The molecule has 0 aromatic heterocycles. The molecule has 0 bridgehead atoms. The second-order valence-corrected chi connectivity index (χ2v) is 4.16. The number of aliphatic hydroxyl groups excluding tert-OH is 1. The molecule has 0 aromatic rings. The van der Waals surface area contributed by atoms with Gasteiger partial charge >= 0.3 is 0 Å². The van der Waals surface area contributed by atoms with E-state index in [1.54, 1.807) is 0 Å². The summed E-state index contributed by atoms with van der Waals surface area (Å²) in [5.74, 6) is 0. The van der Waals surface area contributed by atoms with Gasteiger partial charge in [-0.15, -0.1) is 0 Å². The first-order valence-electron chi connectivity index (χ1n) is 5.23. The first kappa shape index (κ1) is 17.9. The molecule has 1 atom stereocenters. The van der Waals surface area contributed by atoms with Gasteiger partial charge in [-0.1, -0.05) is 6.42 Å². The average Bonchev–Trinajstić information content (AvgIpc) is 2.15. The van der Waals surface area contributed by atoms with Gasteiger partial charge in [-0.05, 0) is 40.0 Å². The molecular weight excluding hydrogens is 360 g/mol. The normalized spacial score (nSPS) is 19.2. The van der Waals surface area contributed by atoms with E-state index in [4.69, 9.17) is 5.11 Å². The van der Waals surface area contributed by atoms with E-state index in [0.29, 0.717) is 6.04 Å². The van der Waals surface area contributed by atoms with E-state index < -0.39 is 0 Å². The zero-order valence-electron chi connectivity index (χ0n) is 10.3. The molecule has 1 N–H and O–H groups in total. The third-order valence-corrected chi connectivity index (χ3v) is 2.86. The van der Waals surface area contributed by atoms with Crippen LogP contribution in [0.1, 0.15) is 19.3 Å². The van der Waals surface area contributed by atoms with E-state index >= 15 is 0 Å². The van der Waals surface area contributed by atoms with Crippen molar-refractivity contribution in [2.75, 3.05) is 40.3 Å². The van der Waals surface area contributed by atoms with Gasteiger partial charge in [0, 0.05) is 33.7 Å². The molecule has 1 unspecified atom stereocenters. The third-order valence-electron chi connectivity index (χ3n) is 2.86. The summed E-state index contributed by atoms with van der Waals surface area (Å²) < 4.78 is 0. The fourth-order valence-electron chi connectivity index (χ4n) is 1.82. The smallest absolute Gasteiger partial charge is 0.0599 e. The van der Waals surface area contributed by atoms with Crippen molar-refractivity contribution < 1.29 is 26.2 Å². The van der Waals surface area contributed by atoms with Crippen molar-refractivity contribution in [3.8, 4) is 0 Å². The maximum atomic E-state index is 9.16. The van der Waals surface area contributed by atoms with Crippen LogP contribution in [0.25, 0.3) is 0 Å². The standard InChI is InChI=1S/C10H22N2O.CH3.W/c1-11(2)10(9-13)8-12-6-4-3-5-7-12;;/h10,13H,3-9H2,1-2H3;1H3;/q;-1;. The number of hydrogen-bond donors (Lipinski definition) is 1. The van der Waals surface area contributed by atoms with Crippen LogP contribution in [0.15, 0.2) is 0 Å². The van der Waals surface area contributed by atoms with Crippen molar-refractivity contribution >= 4 is 0 Å². The van der Waals surface area contributed by atoms with Crippen LogP contribution in [0.2, 0.25) is 0 Å². The van der Waals surface area contributed by atoms with Crippen LogP contribution < -0.4 is 0 Å². The largest absolute Gasteiger partial charge is 0.395 e. The summed E-state index contributed by atoms with van der Waals surface area (Å²) in [7, 11) is 4.07. The van der Waals surface area contributed by atoms with E-state index in [1.165, 1.54) is 32.4 Å². The maximum Gasteiger partial charge on any atom is 0.0599 e. The summed E-state index contributed by atoms with van der Waals surface area (Å²) in [5.41, 5.74) is 0. The Morgan fingerprint density at radius 1 is 1.20 bits per heavy atom. The molecule has 1 saturated heterocycles. The van der Waals surface area contributed by atoms with Crippen molar-refractivity contribution in [3.05, 3.63) is 7.43 Å². The predicted octanol–water partition coefficient (Wildman–Crippen LogP) is 0.843. The maximum absolute atomic E-state index is 9.16. The quantitative estimate of drug-likeness (QED) is 0.727. The van der Waals surface area contributed by atoms with E-state index in [9.17, 15) is 0 Å². The first-order chi connectivity index (χ1) is 6.24. The molecule has 3 nitrogen and oxygen atoms in total. The summed E-state index contributed by atoms with van der Waals surface area (Å²) in [5, 5.41) is 9.16. The van der Waals surface area contributed by atoms with Gasteiger partial charge < -0.3 is 22.3 Å². The molecule has 0 amide bonds. The summed E-state index contributed by atoms with van der Waals surface area (Å²) in [6.45, 7) is 3.71. The van der Waals surface area contributed by atoms with E-state index in [2.05, 4.69) is 9.80 Å². The minimum absolute atomic E-state index is 0. The van der Waals surface area contributed by atoms with Gasteiger partial charge in [-0.3, -0.25) is 0 Å². The zero-order chi connectivity index (χ0) is 9.68. The minimum Gasteiger partial charge on any atom is -0.395 e. The Morgan fingerprint density at radius 3 is 2.13 bits per heavy atom. The van der Waals surface area contributed by atoms with E-state index in [0.717, 1.165) is 6.54 Å². The van der Waals surface area contributed by atoms with Gasteiger partial charge in [0.25, 0.3) is 0 Å². The second-order valence-electron chi connectivity index (χ2n) is 4.16. The van der Waals surface area contributed by atoms with Crippen molar-refractivity contribution in [1.29, 1.82) is 0 Å². The zero-order valence-corrected chi connectivity index (χ0v) is 13.2. The number of likely N-dealkylation sites (N-methyl/N-ethyl adjacent to an activating group) is 1. The molecule has 1 fully saturated rings. The monoisotopic (exact) mass is 385 g/mol. The Bertz CT molecular complexity index is 139. The van der Waals surface area contributed by atoms with Crippen LogP contribution >= 0.6 is 0 Å². The number of hydrogen-bond acceptors (Lipinski definition) is 3. The van der Waals surface area contributed by atoms with Gasteiger partial charge in [-0.2, -0.15) is 0 Å². The van der Waals surface area contributed by atoms with Gasteiger partial charge in [0.1, 0.15) is 0 Å². The molecule has 4 heteroatoms. The Labute approximate surface area is 109 Å². The molecule has 1 aliphatic rings. The molecule has 92 valence electrons. The van der Waals surface area contributed by atoms with Crippen molar-refractivity contribution in [2.24, 2.45) is 0 Å². The van der Waals surface area contributed by atoms with Gasteiger partial charge in [0.2, 0.25) is 0 Å². The van der Waals surface area contributed by atoms with Gasteiger partial charge in [0.05, 0.1) is 6.61 Å². The van der Waals surface area contributed by atoms with Crippen molar-refractivity contribution in [1.82, 2.24) is 9.80 Å². The second kappa shape index (κ2) is 9.77. The summed E-state index contributed by atoms with van der Waals surface area (Å²) in [4.78, 5) is 4.57. The van der Waals surface area contributed by atoms with E-state index in [-0.39, 0.29) is 35.1 Å². The van der Waals surface area contributed by atoms with Crippen LogP contribution in [0.4, 0.5) is 0 Å². The minimum atomic E-state index is 0. The topological polar surface area (TPSA) is 26.7 Å². The number of rotatable bonds is 4. The summed E-state index contributed by atoms with van der Waals surface area (Å²) in [6, 6.07) is 0.304. The Morgan fingerprint density at radius 2 is 1.73 bits per heavy atom. The van der Waals surface area contributed by atoms with Crippen LogP contribution in [0.3, 0.4) is 0 Å². The molecule has 0 aliphatic carbocycles. The van der Waals surface area contributed by atoms with Gasteiger partial charge in [0.15, 0.2) is 0 Å². The molecule has 1 heterocycles. The Balaban J connectivity index is 0. The SMILES string of the molecule is CN(C)C(CO)CN1CCCCC1.[CH3-].[W]. The summed E-state index contributed by atoms with van der Waals surface area (Å²) in [6.07, 6.45) is 4.03. The average molecular weight is 385 g/mol. The molecule has 0 radical (unpaired) electrons. The van der Waals surface area contributed by atoms with E-state index in [1.807, 2.05) is 14.1 Å². The number of piperidine rings is 1. The fourth-order valence-corrected chi connectivity index (χ4v) is 1.82. The van der Waals surface area contributed by atoms with Crippen LogP contribution in [0.5, 0.6) is 0 Å². The van der Waals surface area contributed by atoms with Crippen molar-refractivity contribution in [2.45, 2.75) is 25.3 Å².